The van der Waals surface area contributed by atoms with Gasteiger partial charge < -0.3 is 9.13 Å². The average Bonchev–Trinajstić information content (AvgIpc) is 3.86. The van der Waals surface area contributed by atoms with Gasteiger partial charge in [0.25, 0.3) is 0 Å². The number of hydrogen-bond donors (Lipinski definition) is 0. The minimum atomic E-state index is -0.172. The van der Waals surface area contributed by atoms with Crippen LogP contribution in [0, 0.1) is 81.3 Å². The van der Waals surface area contributed by atoms with E-state index in [1.165, 1.54) is 55.3 Å². The van der Waals surface area contributed by atoms with Crippen molar-refractivity contribution in [2.24, 2.45) is 47.3 Å². The number of allylic oxidation sites excluding steroid dienone is 15. The maximum atomic E-state index is 10.1. The van der Waals surface area contributed by atoms with Gasteiger partial charge in [-0.15, -0.1) is 0 Å². The number of hydrogen-bond acceptors (Lipinski definition) is 3. The Morgan fingerprint density at radius 1 is 0.683 bits per heavy atom. The van der Waals surface area contributed by atoms with Crippen molar-refractivity contribution < 1.29 is 0 Å². The van der Waals surface area contributed by atoms with Gasteiger partial charge in [-0.1, -0.05) is 110 Å². The normalized spacial score (nSPS) is 27.2. The Balaban J connectivity index is 1.12. The van der Waals surface area contributed by atoms with E-state index in [4.69, 9.17) is 0 Å². The van der Waals surface area contributed by atoms with Crippen molar-refractivity contribution >= 4 is 33.5 Å². The highest BCUT2D eigenvalue weighted by Gasteiger charge is 2.41. The predicted octanol–water partition coefficient (Wildman–Crippen LogP) is 13.2. The Labute approximate surface area is 371 Å². The Kier molecular flexibility index (Phi) is 9.98. The van der Waals surface area contributed by atoms with Gasteiger partial charge in [0.2, 0.25) is 0 Å². The van der Waals surface area contributed by atoms with Crippen molar-refractivity contribution in [2.45, 2.75) is 58.3 Å². The van der Waals surface area contributed by atoms with Crippen molar-refractivity contribution in [1.29, 1.82) is 15.8 Å². The highest BCUT2D eigenvalue weighted by atomic mass is 15.0. The lowest BCUT2D eigenvalue weighted by molar-refractivity contribution is 0.170. The molecule has 0 radical (unpaired) electrons. The summed E-state index contributed by atoms with van der Waals surface area (Å²) >= 11 is 0. The molecular weight excluding hydrogens is 767 g/mol. The first-order valence-corrected chi connectivity index (χ1v) is 23.1. The smallest absolute Gasteiger partial charge is 0.0988 e. The van der Waals surface area contributed by atoms with Crippen LogP contribution in [0.5, 0.6) is 0 Å². The van der Waals surface area contributed by atoms with Crippen LogP contribution in [-0.2, 0) is 19.3 Å². The van der Waals surface area contributed by atoms with E-state index >= 15 is 0 Å². The molecule has 6 aliphatic carbocycles. The maximum Gasteiger partial charge on any atom is 0.0988 e. The van der Waals surface area contributed by atoms with Gasteiger partial charge in [0, 0.05) is 39.1 Å². The molecule has 8 atom stereocenters. The fraction of sp³-hybridized carbons (Fsp3) is 0.293. The van der Waals surface area contributed by atoms with Crippen LogP contribution in [0.4, 0.5) is 0 Å². The number of rotatable bonds is 6. The summed E-state index contributed by atoms with van der Waals surface area (Å²) in [6, 6.07) is 32.4. The molecule has 5 heteroatoms. The molecule has 2 heterocycles. The molecule has 308 valence electrons. The van der Waals surface area contributed by atoms with Crippen LogP contribution in [-0.4, -0.2) is 9.13 Å². The second kappa shape index (κ2) is 16.1. The summed E-state index contributed by atoms with van der Waals surface area (Å²) < 4.78 is 4.97. The number of para-hydroxylation sites is 2. The van der Waals surface area contributed by atoms with E-state index in [2.05, 4.69) is 174 Å². The second-order valence-electron chi connectivity index (χ2n) is 18.6. The molecule has 0 saturated heterocycles. The van der Waals surface area contributed by atoms with E-state index in [-0.39, 0.29) is 17.8 Å². The average molecular weight is 818 g/mol. The lowest BCUT2D eigenvalue weighted by Crippen LogP contribution is -2.37. The van der Waals surface area contributed by atoms with Gasteiger partial charge >= 0.3 is 0 Å². The zero-order valence-corrected chi connectivity index (χ0v) is 35.9. The largest absolute Gasteiger partial charge is 0.314 e. The molecule has 63 heavy (non-hydrogen) atoms. The zero-order chi connectivity index (χ0) is 42.6. The van der Waals surface area contributed by atoms with Gasteiger partial charge in [0.15, 0.2) is 0 Å². The summed E-state index contributed by atoms with van der Waals surface area (Å²) in [6.07, 6.45) is 36.8. The molecule has 0 N–H and O–H groups in total. The second-order valence-corrected chi connectivity index (χ2v) is 18.6. The van der Waals surface area contributed by atoms with Crippen LogP contribution >= 0.6 is 0 Å². The van der Waals surface area contributed by atoms with E-state index < -0.39 is 0 Å². The molecule has 0 bridgehead atoms. The highest BCUT2D eigenvalue weighted by Crippen LogP contribution is 2.50. The number of nitrogens with zero attached hydrogens (tertiary/aromatic N) is 5. The first kappa shape index (κ1) is 39.0. The van der Waals surface area contributed by atoms with E-state index in [1.54, 1.807) is 0 Å². The van der Waals surface area contributed by atoms with Crippen molar-refractivity contribution in [3.63, 3.8) is 0 Å². The van der Waals surface area contributed by atoms with Crippen LogP contribution in [0.1, 0.15) is 67.1 Å². The van der Waals surface area contributed by atoms with Crippen LogP contribution in [0.25, 0.3) is 44.8 Å². The fourth-order valence-electron chi connectivity index (χ4n) is 12.4. The third-order valence-corrected chi connectivity index (χ3v) is 15.2. The van der Waals surface area contributed by atoms with E-state index in [0.29, 0.717) is 36.0 Å². The number of nitriles is 3. The lowest BCUT2D eigenvalue weighted by Gasteiger charge is -2.44. The minimum Gasteiger partial charge on any atom is -0.314 e. The molecule has 0 amide bonds. The molecule has 8 unspecified atom stereocenters. The van der Waals surface area contributed by atoms with Crippen molar-refractivity contribution in [3.8, 4) is 29.6 Å². The Morgan fingerprint density at radius 3 is 2.21 bits per heavy atom. The first-order valence-electron chi connectivity index (χ1n) is 23.1. The highest BCUT2D eigenvalue weighted by molar-refractivity contribution is 6.09. The quantitative estimate of drug-likeness (QED) is 0.160. The first-order chi connectivity index (χ1) is 31.0. The topological polar surface area (TPSA) is 81.2 Å². The van der Waals surface area contributed by atoms with Gasteiger partial charge in [-0.25, -0.2) is 0 Å². The summed E-state index contributed by atoms with van der Waals surface area (Å²) in [5, 5.41) is 32.6. The van der Waals surface area contributed by atoms with Crippen LogP contribution in [0.15, 0.2) is 151 Å². The number of benzene rings is 3. The summed E-state index contributed by atoms with van der Waals surface area (Å²) in [6.45, 7) is 2.42. The van der Waals surface area contributed by atoms with Crippen molar-refractivity contribution in [1.82, 2.24) is 9.13 Å². The summed E-state index contributed by atoms with van der Waals surface area (Å²) in [4.78, 5) is 0. The van der Waals surface area contributed by atoms with Gasteiger partial charge in [-0.3, -0.25) is 0 Å². The SMILES string of the molecule is CC1C=CCC(C2=C(c3cc(-n4c5c(c6c4CCC(C#N)C6)CC(C#N)C=C5)cc(-n4c5ccccc5c5ccccc54)c3)CCC=C2)C1C1C=CC=CC1C1C=C(C#N)C=CC1. The molecular formula is C58H51N5. The number of aromatic nitrogens is 2. The van der Waals surface area contributed by atoms with Gasteiger partial charge in [0.1, 0.15) is 0 Å². The lowest BCUT2D eigenvalue weighted by atomic mass is 9.60. The van der Waals surface area contributed by atoms with E-state index in [1.807, 2.05) is 6.08 Å². The van der Waals surface area contributed by atoms with Crippen LogP contribution < -0.4 is 0 Å². The summed E-state index contributed by atoms with van der Waals surface area (Å²) in [7, 11) is 0. The zero-order valence-electron chi connectivity index (χ0n) is 35.9. The third-order valence-electron chi connectivity index (χ3n) is 15.2. The van der Waals surface area contributed by atoms with Crippen molar-refractivity contribution in [2.75, 3.05) is 0 Å². The molecule has 5 aromatic rings. The molecule has 2 aromatic heterocycles. The Morgan fingerprint density at radius 2 is 1.44 bits per heavy atom. The monoisotopic (exact) mass is 817 g/mol. The Hall–Kier alpha value is -6.87. The molecule has 0 aliphatic heterocycles. The van der Waals surface area contributed by atoms with E-state index in [9.17, 15) is 15.8 Å². The van der Waals surface area contributed by atoms with Crippen LogP contribution in [0.2, 0.25) is 0 Å². The van der Waals surface area contributed by atoms with Gasteiger partial charge in [-0.05, 0) is 157 Å². The molecule has 3 aromatic carbocycles. The molecule has 6 aliphatic rings. The van der Waals surface area contributed by atoms with E-state index in [0.717, 1.165) is 67.6 Å². The summed E-state index contributed by atoms with van der Waals surface area (Å²) in [5.41, 5.74) is 14.5. The molecule has 0 fully saturated rings. The Bertz CT molecular complexity index is 3020. The maximum absolute atomic E-state index is 10.1. The molecule has 11 rings (SSSR count). The van der Waals surface area contributed by atoms with Gasteiger partial charge in [-0.2, -0.15) is 15.8 Å². The van der Waals surface area contributed by atoms with Crippen molar-refractivity contribution in [3.05, 3.63) is 179 Å². The molecule has 5 nitrogen and oxygen atoms in total. The molecule has 0 saturated carbocycles. The molecule has 0 spiro atoms. The minimum absolute atomic E-state index is 0.0156. The third kappa shape index (κ3) is 6.64. The summed E-state index contributed by atoms with van der Waals surface area (Å²) in [5.74, 6) is 1.83. The number of fused-ring (bicyclic) bond motifs is 6. The fourth-order valence-corrected chi connectivity index (χ4v) is 12.4. The van der Waals surface area contributed by atoms with Crippen LogP contribution in [0.3, 0.4) is 0 Å². The van der Waals surface area contributed by atoms with Gasteiger partial charge in [0.05, 0.1) is 41.1 Å². The predicted molar refractivity (Wildman–Crippen MR) is 254 cm³/mol. The standard InChI is InChI=1S/C58H51N5/c1-37-12-10-21-51(58(37)50-20-5-3-15-45(50)41-14-11-13-38(28-41)34-59)47-17-4-2-16-46(47)42-31-43(62-54-22-8-6-18-48(54)49-19-7-9-23-55(49)62)33-44(32-42)63-56-26-24-39(35-60)29-52(56)53-30-40(36-61)25-27-57(53)63/h3-13,15,17-20,22-24,26,28,31-33,37,39-41,45,50-51,58H,2,14,16,21,25,27,29-30H2,1H3.